The van der Waals surface area contributed by atoms with Crippen LogP contribution >= 0.6 is 11.6 Å². The van der Waals surface area contributed by atoms with E-state index in [0.29, 0.717) is 29.3 Å². The van der Waals surface area contributed by atoms with Gasteiger partial charge in [0, 0.05) is 47.3 Å². The van der Waals surface area contributed by atoms with Crippen molar-refractivity contribution in [1.82, 2.24) is 14.2 Å². The van der Waals surface area contributed by atoms with Gasteiger partial charge in [-0.25, -0.2) is 91.0 Å². The van der Waals surface area contributed by atoms with Gasteiger partial charge in [0.15, 0.2) is 64.2 Å². The molecule has 3 aliphatic carbocycles. The number of halogens is 13. The maximum atomic E-state index is 15.7. The molecule has 0 bridgehead atoms. The summed E-state index contributed by atoms with van der Waals surface area (Å²) in [5, 5.41) is -2.45. The Bertz CT molecular complexity index is 5940. The van der Waals surface area contributed by atoms with Crippen LogP contribution in [-0.2, 0) is 91.0 Å². The highest BCUT2D eigenvalue weighted by molar-refractivity contribution is 7.93. The lowest BCUT2D eigenvalue weighted by molar-refractivity contribution is -0.138. The lowest BCUT2D eigenvalue weighted by atomic mass is 9.64. The van der Waals surface area contributed by atoms with E-state index in [0.717, 1.165) is 66.2 Å². The van der Waals surface area contributed by atoms with Crippen LogP contribution in [0.25, 0.3) is 6.08 Å². The first kappa shape index (κ1) is 88.4. The number of sulfonamides is 3. The van der Waals surface area contributed by atoms with Gasteiger partial charge in [-0.05, 0) is 223 Å². The molecule has 0 amide bonds. The molecule has 19 nitrogen and oxygen atoms in total. The maximum Gasteiger partial charge on any atom is 0.416 e. The standard InChI is InChI=1S/C31H28F5NO5S2.C26H26F5NO5S2.C25H26ClF2NO6S2/c32-25-13-14-26(33)29-28(25)30(43(38,39)21-11-9-20(10-12-21)31(34,35)36)16-15-27-23(24(30)18-42-29)17-22(44(40,41)37-27)8-4-7-19-5-2-1-3-6-19;1-2-3-4-17-13-18-19-14-37-24-21(28)10-9-20(27)23(24)25(19,12-11-22(18)32-39(17,35)36)38(33,34)16-7-5-15(6-8-16)26(29,30)31;1-14(30)2-5-17-12-18-19-13-35-24-21(28)9-8-20(27)23(24)25(19,11-10-22(18)29-37(17,33)34)36(31,32)16-6-3-15(26)4-7-16/h1-7,9-14,22-24,27,37H,8,15-18H2;2-3,5-10,17-19,22,32H,4,11-14H2,1H3;3-4,6-9,17-19,22,29H,2,5,10-13H2,1H3/b7-4+;3-2+;/t22-,23+,24+,27-,30+;2*17-,18+,19+,22-,25+/m111/s1. The van der Waals surface area contributed by atoms with Gasteiger partial charge in [0.05, 0.1) is 78.1 Å². The summed E-state index contributed by atoms with van der Waals surface area (Å²) in [6, 6.07) is 23.6. The van der Waals surface area contributed by atoms with E-state index in [9.17, 15) is 90.4 Å². The lowest BCUT2D eigenvalue weighted by Crippen LogP contribution is -2.63. The molecule has 0 spiro atoms. The summed E-state index contributed by atoms with van der Waals surface area (Å²) in [5.41, 5.74) is -2.63. The third kappa shape index (κ3) is 15.5. The average Bonchev–Trinajstić information content (AvgIpc) is 0.698. The second-order valence-electron chi connectivity index (χ2n) is 31.7. The highest BCUT2D eigenvalue weighted by Crippen LogP contribution is 2.64. The van der Waals surface area contributed by atoms with E-state index in [1.807, 2.05) is 30.3 Å². The van der Waals surface area contributed by atoms with Crippen LogP contribution in [0.4, 0.5) is 52.7 Å². The molecule has 646 valence electrons. The van der Waals surface area contributed by atoms with E-state index in [2.05, 4.69) is 14.2 Å². The molecule has 7 aromatic rings. The van der Waals surface area contributed by atoms with Gasteiger partial charge < -0.3 is 19.0 Å². The van der Waals surface area contributed by atoms with Crippen molar-refractivity contribution in [3.8, 4) is 17.2 Å². The molecule has 0 unspecified atom stereocenters. The second-order valence-corrected chi connectivity index (χ2v) is 44.7. The van der Waals surface area contributed by atoms with E-state index >= 15 is 17.6 Å². The zero-order valence-electron chi connectivity index (χ0n) is 63.7. The number of fused-ring (bicyclic) bond motifs is 15. The number of hydrogen-bond acceptors (Lipinski definition) is 16. The Morgan fingerprint density at radius 1 is 0.458 bits per heavy atom. The van der Waals surface area contributed by atoms with Gasteiger partial charge >= 0.3 is 12.4 Å². The topological polar surface area (TPSA) is 286 Å². The van der Waals surface area contributed by atoms with Crippen molar-refractivity contribution >= 4 is 83.0 Å². The SMILES string of the molecule is C/C=C/C[C@@H]1C[C@@H]2[C@@H](CC[C@@]3(S(=O)(=O)c4ccc(C(F)(F)F)cc4)c4c(F)ccc(F)c4OC[C@@H]23)NS1(=O)=O.CC(=O)CC[C@@H]1C[C@@H]2[C@@H](CC[C@@]3(S(=O)(=O)c4ccc(Cl)cc4)c4c(F)ccc(F)c4OC[C@@H]23)NS1(=O)=O.O=S1(=O)N[C@@H]2CC[C@@]3(S(=O)(=O)c4ccc(C(F)(F)F)cc4)c4c(F)ccc(F)c4OC[C@H]3[C@@H]2C[C@H]1C/C=C/c1ccccc1. The molecule has 3 saturated heterocycles. The molecular formula is C82H80ClF12N3O16S6. The van der Waals surface area contributed by atoms with Crippen LogP contribution in [0, 0.1) is 70.4 Å². The molecule has 9 aliphatic rings. The molecule has 16 rings (SSSR count). The molecule has 120 heavy (non-hydrogen) atoms. The number of hydrogen-bond donors (Lipinski definition) is 3. The number of carbonyl (C=O) groups is 1. The number of alkyl halides is 6. The molecule has 3 N–H and O–H groups in total. The Morgan fingerprint density at radius 2 is 0.775 bits per heavy atom. The van der Waals surface area contributed by atoms with Crippen molar-refractivity contribution in [2.24, 2.45) is 35.5 Å². The predicted octanol–water partition coefficient (Wildman–Crippen LogP) is 15.5. The predicted molar refractivity (Wildman–Crippen MR) is 417 cm³/mol. The van der Waals surface area contributed by atoms with Crippen molar-refractivity contribution in [3.05, 3.63) is 231 Å². The highest BCUT2D eigenvalue weighted by Gasteiger charge is 2.68. The van der Waals surface area contributed by atoms with Crippen LogP contribution in [0.5, 0.6) is 17.2 Å². The monoisotopic (exact) mass is 1820 g/mol. The minimum atomic E-state index is -4.72. The number of allylic oxidation sites excluding steroid dienone is 3. The molecule has 6 aliphatic heterocycles. The van der Waals surface area contributed by atoms with E-state index in [1.165, 1.54) is 31.2 Å². The number of benzene rings is 7. The summed E-state index contributed by atoms with van der Waals surface area (Å²) in [6.45, 7) is 2.17. The van der Waals surface area contributed by atoms with Crippen LogP contribution in [0.2, 0.25) is 5.02 Å². The molecule has 15 atom stereocenters. The summed E-state index contributed by atoms with van der Waals surface area (Å²) in [6.07, 6.45) is -2.66. The number of nitrogens with one attached hydrogen (secondary N) is 3. The van der Waals surface area contributed by atoms with Gasteiger partial charge in [0.2, 0.25) is 30.1 Å². The van der Waals surface area contributed by atoms with E-state index in [1.54, 1.807) is 31.2 Å². The first-order valence-corrected chi connectivity index (χ1v) is 47.9. The van der Waals surface area contributed by atoms with Crippen molar-refractivity contribution < 1.29 is 122 Å². The summed E-state index contributed by atoms with van der Waals surface area (Å²) in [5.74, 6) is -12.2. The largest absolute Gasteiger partial charge is 0.490 e. The number of rotatable bonds is 14. The Hall–Kier alpha value is -7.88. The third-order valence-corrected chi connectivity index (χ3v) is 39.1. The normalized spacial score (nSPS) is 29.5. The van der Waals surface area contributed by atoms with Crippen LogP contribution in [-0.4, -0.2) is 110 Å². The number of Topliss-reactive ketones (excluding diaryl/α,β-unsaturated/α-hetero) is 1. The number of carbonyl (C=O) groups excluding carboxylic acids is 1. The van der Waals surface area contributed by atoms with Crippen molar-refractivity contribution in [1.29, 1.82) is 0 Å². The molecular weight excluding hydrogens is 1740 g/mol. The van der Waals surface area contributed by atoms with Gasteiger partial charge in [-0.1, -0.05) is 66.2 Å². The van der Waals surface area contributed by atoms with Gasteiger partial charge in [-0.15, -0.1) is 0 Å². The Kier molecular flexibility index (Phi) is 24.1. The zero-order valence-corrected chi connectivity index (χ0v) is 69.4. The Balaban J connectivity index is 0.000000148. The number of ether oxygens (including phenoxy) is 3. The summed E-state index contributed by atoms with van der Waals surface area (Å²) in [4.78, 5) is 10.5. The highest BCUT2D eigenvalue weighted by atomic mass is 35.5. The first-order chi connectivity index (χ1) is 56.4. The van der Waals surface area contributed by atoms with Gasteiger partial charge in [0.1, 0.15) is 37.5 Å². The van der Waals surface area contributed by atoms with Crippen LogP contribution < -0.4 is 28.4 Å². The van der Waals surface area contributed by atoms with Crippen molar-refractivity contribution in [2.45, 2.75) is 172 Å². The molecule has 6 heterocycles. The quantitative estimate of drug-likeness (QED) is 0.0674. The summed E-state index contributed by atoms with van der Waals surface area (Å²) < 4.78 is 355. The third-order valence-electron chi connectivity index (χ3n) is 25.4. The molecule has 6 fully saturated rings. The van der Waals surface area contributed by atoms with E-state index in [-0.39, 0.29) is 120 Å². The Labute approximate surface area is 691 Å². The molecule has 38 heteroatoms. The van der Waals surface area contributed by atoms with Crippen molar-refractivity contribution in [3.63, 3.8) is 0 Å². The molecule has 3 saturated carbocycles. The van der Waals surface area contributed by atoms with E-state index in [4.69, 9.17) is 25.8 Å². The fourth-order valence-corrected chi connectivity index (χ4v) is 32.5. The number of ketones is 1. The van der Waals surface area contributed by atoms with Gasteiger partial charge in [-0.2, -0.15) is 26.3 Å². The van der Waals surface area contributed by atoms with Crippen LogP contribution in [0.1, 0.15) is 131 Å². The van der Waals surface area contributed by atoms with Crippen LogP contribution in [0.3, 0.4) is 0 Å². The van der Waals surface area contributed by atoms with Crippen molar-refractivity contribution in [2.75, 3.05) is 19.8 Å². The Morgan fingerprint density at radius 3 is 1.11 bits per heavy atom. The number of sulfone groups is 3. The average molecular weight is 1820 g/mol. The summed E-state index contributed by atoms with van der Waals surface area (Å²) >= 11 is 5.98. The lowest BCUT2D eigenvalue weighted by Gasteiger charge is -2.54. The van der Waals surface area contributed by atoms with Crippen LogP contribution in [0.15, 0.2) is 172 Å². The first-order valence-electron chi connectivity index (χ1n) is 38.4. The zero-order chi connectivity index (χ0) is 86.6. The fourth-order valence-electron chi connectivity index (χ4n) is 19.8. The fraction of sp³-hybridized carbons (Fsp3) is 0.427. The van der Waals surface area contributed by atoms with E-state index < -0.39 is 240 Å². The molecule has 0 radical (unpaired) electrons. The van der Waals surface area contributed by atoms with Gasteiger partial charge in [0.25, 0.3) is 0 Å². The smallest absolute Gasteiger partial charge is 0.416 e. The minimum Gasteiger partial charge on any atom is -0.490 e. The van der Waals surface area contributed by atoms with Gasteiger partial charge in [-0.3, -0.25) is 0 Å². The molecule has 0 aromatic heterocycles. The maximum absolute atomic E-state index is 15.7. The summed E-state index contributed by atoms with van der Waals surface area (Å²) in [7, 11) is -25.0. The molecule has 7 aromatic carbocycles. The minimum absolute atomic E-state index is 0.00794. The second kappa shape index (κ2) is 32.7.